The molecule has 31 heavy (non-hydrogen) atoms. The number of hydrogen-bond donors (Lipinski definition) is 0. The Morgan fingerprint density at radius 2 is 1.32 bits per heavy atom. The lowest BCUT2D eigenvalue weighted by Gasteiger charge is -2.45. The summed E-state index contributed by atoms with van der Waals surface area (Å²) in [5, 5.41) is 0. The predicted octanol–water partition coefficient (Wildman–Crippen LogP) is 9.30. The van der Waals surface area contributed by atoms with E-state index in [0.29, 0.717) is 0 Å². The Morgan fingerprint density at radius 1 is 0.774 bits per heavy atom. The smallest absolute Gasteiger partial charge is 0.0541 e. The van der Waals surface area contributed by atoms with Gasteiger partial charge in [-0.1, -0.05) is 95.8 Å². The van der Waals surface area contributed by atoms with Crippen molar-refractivity contribution in [1.29, 1.82) is 0 Å². The van der Waals surface area contributed by atoms with Crippen LogP contribution >= 0.6 is 0 Å². The second kappa shape index (κ2) is 9.00. The van der Waals surface area contributed by atoms with Gasteiger partial charge in [-0.2, -0.15) is 0 Å². The van der Waals surface area contributed by atoms with Gasteiger partial charge in [-0.05, 0) is 90.2 Å². The van der Waals surface area contributed by atoms with Gasteiger partial charge in [-0.3, -0.25) is 0 Å². The zero-order chi connectivity index (χ0) is 21.6. The molecule has 4 saturated carbocycles. The van der Waals surface area contributed by atoms with Crippen LogP contribution in [-0.2, 0) is 0 Å². The first-order valence-corrected chi connectivity index (χ1v) is 17.2. The van der Waals surface area contributed by atoms with Gasteiger partial charge in [0.2, 0.25) is 0 Å². The average Bonchev–Trinajstić information content (AvgIpc) is 3.34. The molecule has 0 aromatic heterocycles. The van der Waals surface area contributed by atoms with Gasteiger partial charge in [-0.25, -0.2) is 0 Å². The summed E-state index contributed by atoms with van der Waals surface area (Å²) in [6, 6.07) is 11.4. The number of benzene rings is 1. The summed E-state index contributed by atoms with van der Waals surface area (Å²) in [5.74, 6) is 7.07. The quantitative estimate of drug-likeness (QED) is 0.403. The fraction of sp³-hybridized carbons (Fsp3) is 0.800. The molecule has 4 fully saturated rings. The summed E-state index contributed by atoms with van der Waals surface area (Å²) < 4.78 is 0. The Balaban J connectivity index is 1.36. The fourth-order valence-electron chi connectivity index (χ4n) is 9.72. The van der Waals surface area contributed by atoms with Crippen molar-refractivity contribution in [2.75, 3.05) is 0 Å². The van der Waals surface area contributed by atoms with Crippen molar-refractivity contribution in [2.45, 2.75) is 115 Å². The van der Waals surface area contributed by atoms with E-state index in [1.165, 1.54) is 32.1 Å². The molecule has 0 spiro atoms. The molecule has 1 heteroatoms. The molecular formula is C30H48Si. The molecule has 4 aliphatic rings. The zero-order valence-corrected chi connectivity index (χ0v) is 21.9. The van der Waals surface area contributed by atoms with Crippen LogP contribution < -0.4 is 0 Å². The van der Waals surface area contributed by atoms with E-state index in [1.54, 1.807) is 44.1 Å². The average molecular weight is 437 g/mol. The SMILES string of the molecule is CC(CC1CC([Si](C)(C)C2CC(C)C3CCCCC32)C2CCCCC12)c1ccccc1. The largest absolute Gasteiger partial charge is 0.0689 e. The van der Waals surface area contributed by atoms with Crippen LogP contribution in [0.1, 0.15) is 96.0 Å². The summed E-state index contributed by atoms with van der Waals surface area (Å²) >= 11 is 0. The Kier molecular flexibility index (Phi) is 6.45. The molecule has 1 aromatic rings. The lowest BCUT2D eigenvalue weighted by atomic mass is 9.75. The second-order valence-electron chi connectivity index (χ2n) is 13.0. The van der Waals surface area contributed by atoms with E-state index in [-0.39, 0.29) is 0 Å². The van der Waals surface area contributed by atoms with Crippen molar-refractivity contribution >= 4 is 8.07 Å². The zero-order valence-electron chi connectivity index (χ0n) is 20.9. The molecule has 5 rings (SSSR count). The van der Waals surface area contributed by atoms with Crippen molar-refractivity contribution in [1.82, 2.24) is 0 Å². The summed E-state index contributed by atoms with van der Waals surface area (Å²) in [5.41, 5.74) is 3.82. The molecule has 0 N–H and O–H groups in total. The lowest BCUT2D eigenvalue weighted by Crippen LogP contribution is -2.43. The number of rotatable bonds is 5. The minimum Gasteiger partial charge on any atom is -0.0689 e. The van der Waals surface area contributed by atoms with Crippen LogP contribution in [0.15, 0.2) is 30.3 Å². The first kappa shape index (κ1) is 22.2. The van der Waals surface area contributed by atoms with Crippen LogP contribution in [0, 0.1) is 35.5 Å². The van der Waals surface area contributed by atoms with Crippen molar-refractivity contribution < 1.29 is 0 Å². The highest BCUT2D eigenvalue weighted by molar-refractivity contribution is 6.80. The summed E-state index contributed by atoms with van der Waals surface area (Å²) in [4.78, 5) is 0. The third-order valence-corrected chi connectivity index (χ3v) is 16.4. The summed E-state index contributed by atoms with van der Waals surface area (Å²) in [6.07, 6.45) is 17.0. The van der Waals surface area contributed by atoms with Crippen LogP contribution in [0.3, 0.4) is 0 Å². The maximum absolute atomic E-state index is 2.88. The monoisotopic (exact) mass is 436 g/mol. The second-order valence-corrected chi connectivity index (χ2v) is 18.1. The van der Waals surface area contributed by atoms with Gasteiger partial charge in [0.05, 0.1) is 8.07 Å². The molecule has 0 saturated heterocycles. The third kappa shape index (κ3) is 4.11. The molecule has 0 amide bonds. The van der Waals surface area contributed by atoms with E-state index in [9.17, 15) is 0 Å². The molecule has 0 radical (unpaired) electrons. The highest BCUT2D eigenvalue weighted by Gasteiger charge is 2.56. The first-order chi connectivity index (χ1) is 15.0. The standard InChI is InChI=1S/C30H48Si/c1-21(23-12-6-5-7-13-23)18-24-20-30(28-17-11-9-15-26(24)28)31(3,4)29-19-22(2)25-14-8-10-16-27(25)29/h5-7,12-13,21-22,24-30H,8-11,14-20H2,1-4H3. The van der Waals surface area contributed by atoms with Crippen LogP contribution in [-0.4, -0.2) is 8.07 Å². The normalized spacial score (nSPS) is 41.5. The van der Waals surface area contributed by atoms with E-state index in [4.69, 9.17) is 0 Å². The molecular weight excluding hydrogens is 388 g/mol. The Bertz CT molecular complexity index is 723. The van der Waals surface area contributed by atoms with Crippen molar-refractivity contribution in [3.63, 3.8) is 0 Å². The molecule has 0 aliphatic heterocycles. The van der Waals surface area contributed by atoms with Gasteiger partial charge < -0.3 is 0 Å². The molecule has 0 nitrogen and oxygen atoms in total. The van der Waals surface area contributed by atoms with Gasteiger partial charge in [0.15, 0.2) is 0 Å². The van der Waals surface area contributed by atoms with Gasteiger partial charge in [0, 0.05) is 0 Å². The predicted molar refractivity (Wildman–Crippen MR) is 137 cm³/mol. The first-order valence-electron chi connectivity index (χ1n) is 14.0. The number of hydrogen-bond acceptors (Lipinski definition) is 0. The third-order valence-electron chi connectivity index (χ3n) is 11.2. The molecule has 9 unspecified atom stereocenters. The van der Waals surface area contributed by atoms with E-state index < -0.39 is 8.07 Å². The summed E-state index contributed by atoms with van der Waals surface area (Å²) in [7, 11) is -1.27. The highest BCUT2D eigenvalue weighted by Crippen LogP contribution is 2.64. The molecule has 172 valence electrons. The van der Waals surface area contributed by atoms with Crippen molar-refractivity contribution in [3.8, 4) is 0 Å². The molecule has 4 aliphatic carbocycles. The molecule has 0 heterocycles. The Labute approximate surface area is 194 Å². The van der Waals surface area contributed by atoms with Crippen LogP contribution in [0.25, 0.3) is 0 Å². The van der Waals surface area contributed by atoms with Gasteiger partial charge in [0.25, 0.3) is 0 Å². The molecule has 1 aromatic carbocycles. The maximum atomic E-state index is 2.88. The van der Waals surface area contributed by atoms with Crippen molar-refractivity contribution in [3.05, 3.63) is 35.9 Å². The maximum Gasteiger partial charge on any atom is 0.0541 e. The van der Waals surface area contributed by atoms with E-state index in [0.717, 1.165) is 52.5 Å². The number of fused-ring (bicyclic) bond motifs is 2. The minimum absolute atomic E-state index is 0.728. The fourth-order valence-corrected chi connectivity index (χ4v) is 15.2. The van der Waals surface area contributed by atoms with E-state index in [2.05, 4.69) is 57.3 Å². The topological polar surface area (TPSA) is 0 Å². The Morgan fingerprint density at radius 3 is 2.00 bits per heavy atom. The van der Waals surface area contributed by atoms with Crippen LogP contribution in [0.5, 0.6) is 0 Å². The Hall–Kier alpha value is -0.563. The molecule has 0 bridgehead atoms. The summed E-state index contributed by atoms with van der Waals surface area (Å²) in [6.45, 7) is 10.9. The highest BCUT2D eigenvalue weighted by atomic mass is 28.3. The van der Waals surface area contributed by atoms with Gasteiger partial charge >= 0.3 is 0 Å². The van der Waals surface area contributed by atoms with E-state index >= 15 is 0 Å². The van der Waals surface area contributed by atoms with E-state index in [1.807, 2.05) is 0 Å². The lowest BCUT2D eigenvalue weighted by molar-refractivity contribution is 0.213. The van der Waals surface area contributed by atoms with Crippen LogP contribution in [0.2, 0.25) is 24.2 Å². The van der Waals surface area contributed by atoms with Crippen LogP contribution in [0.4, 0.5) is 0 Å². The van der Waals surface area contributed by atoms with Gasteiger partial charge in [-0.15, -0.1) is 0 Å². The van der Waals surface area contributed by atoms with Crippen molar-refractivity contribution in [2.24, 2.45) is 35.5 Å². The minimum atomic E-state index is -1.27. The molecule has 9 atom stereocenters. The van der Waals surface area contributed by atoms with Gasteiger partial charge in [0.1, 0.15) is 0 Å².